The van der Waals surface area contributed by atoms with Crippen LogP contribution in [0.15, 0.2) is 18.2 Å². The molecule has 0 bridgehead atoms. The van der Waals surface area contributed by atoms with Crippen LogP contribution in [0.1, 0.15) is 36.1 Å². The van der Waals surface area contributed by atoms with Gasteiger partial charge in [-0.2, -0.15) is 0 Å². The SMILES string of the molecule is Cc1ccc(C(O)C(C)CC(=O)O)cc1C. The van der Waals surface area contributed by atoms with Gasteiger partial charge in [-0.25, -0.2) is 0 Å². The topological polar surface area (TPSA) is 57.5 Å². The molecule has 0 saturated heterocycles. The molecule has 0 aliphatic carbocycles. The van der Waals surface area contributed by atoms with E-state index >= 15 is 0 Å². The molecule has 0 fully saturated rings. The number of aliphatic hydroxyl groups is 1. The summed E-state index contributed by atoms with van der Waals surface area (Å²) in [4.78, 5) is 10.6. The third kappa shape index (κ3) is 3.07. The third-order valence-electron chi connectivity index (χ3n) is 2.91. The Labute approximate surface area is 95.7 Å². The highest BCUT2D eigenvalue weighted by Crippen LogP contribution is 2.25. The number of carboxylic acids is 1. The minimum absolute atomic E-state index is 0.0198. The van der Waals surface area contributed by atoms with Gasteiger partial charge < -0.3 is 10.2 Å². The Balaban J connectivity index is 2.83. The molecule has 0 saturated carbocycles. The predicted octanol–water partition coefficient (Wildman–Crippen LogP) is 2.45. The van der Waals surface area contributed by atoms with Crippen LogP contribution in [0.3, 0.4) is 0 Å². The first-order chi connectivity index (χ1) is 7.41. The van der Waals surface area contributed by atoms with Crippen LogP contribution in [0.4, 0.5) is 0 Å². The Morgan fingerprint density at radius 1 is 1.31 bits per heavy atom. The van der Waals surface area contributed by atoms with E-state index in [2.05, 4.69) is 0 Å². The zero-order valence-corrected chi connectivity index (χ0v) is 9.90. The first-order valence-corrected chi connectivity index (χ1v) is 5.39. The second-order valence-electron chi connectivity index (χ2n) is 4.36. The molecule has 16 heavy (non-hydrogen) atoms. The van der Waals surface area contributed by atoms with E-state index in [1.807, 2.05) is 32.0 Å². The fraction of sp³-hybridized carbons (Fsp3) is 0.462. The Morgan fingerprint density at radius 3 is 2.44 bits per heavy atom. The molecule has 0 aliphatic rings. The number of rotatable bonds is 4. The van der Waals surface area contributed by atoms with Crippen LogP contribution in [-0.4, -0.2) is 16.2 Å². The summed E-state index contributed by atoms with van der Waals surface area (Å²) in [5, 5.41) is 18.7. The zero-order chi connectivity index (χ0) is 12.3. The monoisotopic (exact) mass is 222 g/mol. The van der Waals surface area contributed by atoms with Gasteiger partial charge in [0.1, 0.15) is 0 Å². The van der Waals surface area contributed by atoms with Gasteiger partial charge in [0, 0.05) is 0 Å². The van der Waals surface area contributed by atoms with Crippen LogP contribution in [-0.2, 0) is 4.79 Å². The fourth-order valence-electron chi connectivity index (χ4n) is 1.66. The maximum absolute atomic E-state index is 10.6. The van der Waals surface area contributed by atoms with Gasteiger partial charge in [-0.15, -0.1) is 0 Å². The van der Waals surface area contributed by atoms with Gasteiger partial charge in [0.05, 0.1) is 12.5 Å². The summed E-state index contributed by atoms with van der Waals surface area (Å²) in [7, 11) is 0. The van der Waals surface area contributed by atoms with Crippen molar-refractivity contribution < 1.29 is 15.0 Å². The molecule has 1 rings (SSSR count). The highest BCUT2D eigenvalue weighted by molar-refractivity contribution is 5.67. The summed E-state index contributed by atoms with van der Waals surface area (Å²) in [5.41, 5.74) is 3.07. The largest absolute Gasteiger partial charge is 0.481 e. The number of aliphatic hydroxyl groups excluding tert-OH is 1. The van der Waals surface area contributed by atoms with E-state index in [9.17, 15) is 9.90 Å². The summed E-state index contributed by atoms with van der Waals surface area (Å²) >= 11 is 0. The number of aryl methyl sites for hydroxylation is 2. The molecule has 0 spiro atoms. The second kappa shape index (κ2) is 5.12. The molecule has 0 aromatic heterocycles. The van der Waals surface area contributed by atoms with Crippen molar-refractivity contribution in [3.8, 4) is 0 Å². The van der Waals surface area contributed by atoms with Gasteiger partial charge in [0.25, 0.3) is 0 Å². The lowest BCUT2D eigenvalue weighted by atomic mass is 9.93. The van der Waals surface area contributed by atoms with Crippen LogP contribution in [0.2, 0.25) is 0 Å². The normalized spacial score (nSPS) is 14.5. The van der Waals surface area contributed by atoms with Crippen molar-refractivity contribution in [2.24, 2.45) is 5.92 Å². The van der Waals surface area contributed by atoms with E-state index in [1.165, 1.54) is 5.56 Å². The standard InChI is InChI=1S/C13H18O3/c1-8-4-5-11(6-9(8)2)13(16)10(3)7-12(14)15/h4-6,10,13,16H,7H2,1-3H3,(H,14,15). The molecular weight excluding hydrogens is 204 g/mol. The Hall–Kier alpha value is -1.35. The molecule has 88 valence electrons. The van der Waals surface area contributed by atoms with Gasteiger partial charge >= 0.3 is 5.97 Å². The molecule has 2 unspecified atom stereocenters. The van der Waals surface area contributed by atoms with Gasteiger partial charge in [0.2, 0.25) is 0 Å². The molecule has 2 atom stereocenters. The molecule has 0 heterocycles. The minimum Gasteiger partial charge on any atom is -0.481 e. The first kappa shape index (κ1) is 12.7. The van der Waals surface area contributed by atoms with E-state index in [0.29, 0.717) is 0 Å². The van der Waals surface area contributed by atoms with Crippen LogP contribution < -0.4 is 0 Å². The van der Waals surface area contributed by atoms with Crippen molar-refractivity contribution in [3.63, 3.8) is 0 Å². The molecule has 3 heteroatoms. The van der Waals surface area contributed by atoms with Crippen LogP contribution in [0, 0.1) is 19.8 Å². The number of hydrogen-bond donors (Lipinski definition) is 2. The maximum Gasteiger partial charge on any atom is 0.303 e. The van der Waals surface area contributed by atoms with Crippen molar-refractivity contribution >= 4 is 5.97 Å². The average molecular weight is 222 g/mol. The van der Waals surface area contributed by atoms with Crippen molar-refractivity contribution in [1.29, 1.82) is 0 Å². The average Bonchev–Trinajstić information content (AvgIpc) is 2.20. The van der Waals surface area contributed by atoms with Gasteiger partial charge in [-0.1, -0.05) is 25.1 Å². The molecule has 2 N–H and O–H groups in total. The maximum atomic E-state index is 10.6. The van der Waals surface area contributed by atoms with E-state index in [-0.39, 0.29) is 12.3 Å². The molecule has 0 amide bonds. The van der Waals surface area contributed by atoms with Crippen LogP contribution in [0.25, 0.3) is 0 Å². The summed E-state index contributed by atoms with van der Waals surface area (Å²) in [6.45, 7) is 5.73. The van der Waals surface area contributed by atoms with Gasteiger partial charge in [-0.3, -0.25) is 4.79 Å². The predicted molar refractivity (Wildman–Crippen MR) is 62.3 cm³/mol. The first-order valence-electron chi connectivity index (χ1n) is 5.39. The third-order valence-corrected chi connectivity index (χ3v) is 2.91. The highest BCUT2D eigenvalue weighted by atomic mass is 16.4. The summed E-state index contributed by atoms with van der Waals surface area (Å²) in [6.07, 6.45) is -0.732. The number of benzene rings is 1. The smallest absolute Gasteiger partial charge is 0.303 e. The lowest BCUT2D eigenvalue weighted by molar-refractivity contribution is -0.139. The lowest BCUT2D eigenvalue weighted by Crippen LogP contribution is -2.13. The Bertz CT molecular complexity index is 385. The van der Waals surface area contributed by atoms with Crippen molar-refractivity contribution in [1.82, 2.24) is 0 Å². The second-order valence-corrected chi connectivity index (χ2v) is 4.36. The summed E-state index contributed by atoms with van der Waals surface area (Å²) < 4.78 is 0. The van der Waals surface area contributed by atoms with Crippen molar-refractivity contribution in [2.75, 3.05) is 0 Å². The zero-order valence-electron chi connectivity index (χ0n) is 9.90. The number of aliphatic carboxylic acids is 1. The van der Waals surface area contributed by atoms with Crippen molar-refractivity contribution in [3.05, 3.63) is 34.9 Å². The molecular formula is C13H18O3. The lowest BCUT2D eigenvalue weighted by Gasteiger charge is -2.18. The number of hydrogen-bond acceptors (Lipinski definition) is 2. The molecule has 1 aromatic carbocycles. The number of carboxylic acid groups (broad SMARTS) is 1. The fourth-order valence-corrected chi connectivity index (χ4v) is 1.66. The van der Waals surface area contributed by atoms with Crippen LogP contribution >= 0.6 is 0 Å². The Kier molecular flexibility index (Phi) is 4.07. The highest BCUT2D eigenvalue weighted by Gasteiger charge is 2.19. The van der Waals surface area contributed by atoms with Crippen molar-refractivity contribution in [2.45, 2.75) is 33.3 Å². The summed E-state index contributed by atoms with van der Waals surface area (Å²) in [5.74, 6) is -1.16. The number of carbonyl (C=O) groups is 1. The van der Waals surface area contributed by atoms with Gasteiger partial charge in [0.15, 0.2) is 0 Å². The molecule has 3 nitrogen and oxygen atoms in total. The Morgan fingerprint density at radius 2 is 1.94 bits per heavy atom. The van der Waals surface area contributed by atoms with E-state index in [4.69, 9.17) is 5.11 Å². The van der Waals surface area contributed by atoms with Crippen LogP contribution in [0.5, 0.6) is 0 Å². The molecule has 0 aliphatic heterocycles. The molecule has 1 aromatic rings. The quantitative estimate of drug-likeness (QED) is 0.822. The minimum atomic E-state index is -0.879. The summed E-state index contributed by atoms with van der Waals surface area (Å²) in [6, 6.07) is 5.71. The van der Waals surface area contributed by atoms with E-state index < -0.39 is 12.1 Å². The molecule has 0 radical (unpaired) electrons. The van der Waals surface area contributed by atoms with E-state index in [1.54, 1.807) is 6.92 Å². The van der Waals surface area contributed by atoms with Gasteiger partial charge in [-0.05, 0) is 36.5 Å². The van der Waals surface area contributed by atoms with E-state index in [0.717, 1.165) is 11.1 Å².